The van der Waals surface area contributed by atoms with E-state index < -0.39 is 5.97 Å². The first-order chi connectivity index (χ1) is 16.8. The Hall–Kier alpha value is -4.53. The summed E-state index contributed by atoms with van der Waals surface area (Å²) >= 11 is 0. The smallest absolute Gasteiger partial charge is 0.308 e. The van der Waals surface area contributed by atoms with E-state index in [1.807, 2.05) is 6.07 Å². The van der Waals surface area contributed by atoms with E-state index >= 15 is 0 Å². The monoisotopic (exact) mass is 478 g/mol. The Morgan fingerprint density at radius 1 is 0.771 bits per heavy atom. The van der Waals surface area contributed by atoms with Crippen LogP contribution in [-0.2, 0) is 11.3 Å². The average Bonchev–Trinajstić information content (AvgIpc) is 2.86. The summed E-state index contributed by atoms with van der Waals surface area (Å²) in [5, 5.41) is 5.64. The topological polar surface area (TPSA) is 112 Å². The highest BCUT2D eigenvalue weighted by molar-refractivity contribution is 6.04. The Kier molecular flexibility index (Phi) is 8.29. The fourth-order valence-corrected chi connectivity index (χ4v) is 3.33. The second kappa shape index (κ2) is 11.6. The summed E-state index contributed by atoms with van der Waals surface area (Å²) in [7, 11) is 4.44. The largest absolute Gasteiger partial charge is 0.493 e. The molecule has 0 atom stereocenters. The van der Waals surface area contributed by atoms with Crippen molar-refractivity contribution in [3.05, 3.63) is 77.4 Å². The Morgan fingerprint density at radius 3 is 2.09 bits per heavy atom. The van der Waals surface area contributed by atoms with Gasteiger partial charge in [-0.2, -0.15) is 0 Å². The van der Waals surface area contributed by atoms with E-state index in [0.29, 0.717) is 34.1 Å². The van der Waals surface area contributed by atoms with Gasteiger partial charge in [0.25, 0.3) is 11.8 Å². The Balaban J connectivity index is 1.67. The van der Waals surface area contributed by atoms with Crippen LogP contribution in [0, 0.1) is 0 Å². The van der Waals surface area contributed by atoms with E-state index in [1.165, 1.54) is 34.3 Å². The van der Waals surface area contributed by atoms with E-state index in [9.17, 15) is 14.4 Å². The minimum Gasteiger partial charge on any atom is -0.493 e. The second-order valence-electron chi connectivity index (χ2n) is 7.37. The third-order valence-electron chi connectivity index (χ3n) is 4.92. The lowest BCUT2D eigenvalue weighted by Gasteiger charge is -2.14. The van der Waals surface area contributed by atoms with Crippen molar-refractivity contribution in [1.82, 2.24) is 5.32 Å². The van der Waals surface area contributed by atoms with Gasteiger partial charge in [0.2, 0.25) is 5.75 Å². The SMILES string of the molecule is COc1cc(C(=O)NCc2cccc(NC(=O)c3cccc(OC(C)=O)c3)c2)cc(OC)c1OC. The summed E-state index contributed by atoms with van der Waals surface area (Å²) in [6.07, 6.45) is 0. The normalized spacial score (nSPS) is 10.2. The van der Waals surface area contributed by atoms with Gasteiger partial charge in [-0.3, -0.25) is 14.4 Å². The number of esters is 1. The van der Waals surface area contributed by atoms with Crippen LogP contribution in [0.5, 0.6) is 23.0 Å². The van der Waals surface area contributed by atoms with Gasteiger partial charge in [0, 0.05) is 30.3 Å². The number of carbonyl (C=O) groups excluding carboxylic acids is 3. The van der Waals surface area contributed by atoms with Crippen LogP contribution >= 0.6 is 0 Å². The minimum atomic E-state index is -0.469. The number of methoxy groups -OCH3 is 3. The first kappa shape index (κ1) is 25.1. The van der Waals surface area contributed by atoms with Gasteiger partial charge < -0.3 is 29.6 Å². The molecule has 0 aromatic heterocycles. The van der Waals surface area contributed by atoms with Crippen molar-refractivity contribution in [3.8, 4) is 23.0 Å². The summed E-state index contributed by atoms with van der Waals surface area (Å²) in [6.45, 7) is 1.51. The van der Waals surface area contributed by atoms with E-state index in [-0.39, 0.29) is 24.1 Å². The Morgan fingerprint density at radius 2 is 1.46 bits per heavy atom. The Bertz CT molecular complexity index is 1210. The standard InChI is InChI=1S/C26H26N2O7/c1-16(29)35-21-10-6-8-18(12-21)26(31)28-20-9-5-7-17(11-20)15-27-25(30)19-13-22(32-2)24(34-4)23(14-19)33-3/h5-14H,15H2,1-4H3,(H,27,30)(H,28,31). The van der Waals surface area contributed by atoms with Crippen molar-refractivity contribution in [2.24, 2.45) is 0 Å². The van der Waals surface area contributed by atoms with Crippen LogP contribution in [0.25, 0.3) is 0 Å². The molecule has 2 amide bonds. The number of anilines is 1. The first-order valence-electron chi connectivity index (χ1n) is 10.6. The number of nitrogens with one attached hydrogen (secondary N) is 2. The number of ether oxygens (including phenoxy) is 4. The number of benzene rings is 3. The third kappa shape index (κ3) is 6.50. The van der Waals surface area contributed by atoms with Crippen molar-refractivity contribution in [3.63, 3.8) is 0 Å². The highest BCUT2D eigenvalue weighted by Crippen LogP contribution is 2.38. The van der Waals surface area contributed by atoms with Crippen LogP contribution in [0.2, 0.25) is 0 Å². The molecule has 9 nitrogen and oxygen atoms in total. The molecule has 0 aliphatic heterocycles. The van der Waals surface area contributed by atoms with Crippen molar-refractivity contribution >= 4 is 23.5 Å². The molecule has 35 heavy (non-hydrogen) atoms. The number of rotatable bonds is 9. The molecular formula is C26H26N2O7. The molecule has 3 rings (SSSR count). The van der Waals surface area contributed by atoms with E-state index in [0.717, 1.165) is 5.56 Å². The number of carbonyl (C=O) groups is 3. The molecule has 0 aliphatic rings. The van der Waals surface area contributed by atoms with Gasteiger partial charge in [-0.15, -0.1) is 0 Å². The zero-order valence-corrected chi connectivity index (χ0v) is 19.8. The molecule has 0 unspecified atom stereocenters. The number of hydrogen-bond acceptors (Lipinski definition) is 7. The van der Waals surface area contributed by atoms with Crippen LogP contribution < -0.4 is 29.6 Å². The fourth-order valence-electron chi connectivity index (χ4n) is 3.33. The lowest BCUT2D eigenvalue weighted by molar-refractivity contribution is -0.131. The van der Waals surface area contributed by atoms with Gasteiger partial charge in [-0.25, -0.2) is 0 Å². The van der Waals surface area contributed by atoms with E-state index in [2.05, 4.69) is 10.6 Å². The van der Waals surface area contributed by atoms with Crippen LogP contribution in [0.3, 0.4) is 0 Å². The van der Waals surface area contributed by atoms with Gasteiger partial charge in [-0.05, 0) is 48.0 Å². The maximum absolute atomic E-state index is 12.7. The summed E-state index contributed by atoms with van der Waals surface area (Å²) < 4.78 is 20.9. The molecule has 0 aliphatic carbocycles. The minimum absolute atomic E-state index is 0.223. The molecule has 2 N–H and O–H groups in total. The molecule has 0 saturated carbocycles. The van der Waals surface area contributed by atoms with Crippen molar-refractivity contribution in [2.75, 3.05) is 26.6 Å². The second-order valence-corrected chi connectivity index (χ2v) is 7.37. The Labute approximate surface area is 203 Å². The van der Waals surface area contributed by atoms with Gasteiger partial charge in [-0.1, -0.05) is 18.2 Å². The average molecular weight is 479 g/mol. The number of amides is 2. The zero-order chi connectivity index (χ0) is 25.4. The van der Waals surface area contributed by atoms with Gasteiger partial charge >= 0.3 is 5.97 Å². The molecule has 0 radical (unpaired) electrons. The fraction of sp³-hybridized carbons (Fsp3) is 0.192. The number of hydrogen-bond donors (Lipinski definition) is 2. The summed E-state index contributed by atoms with van der Waals surface area (Å²) in [6, 6.07) is 16.5. The molecule has 0 fully saturated rings. The highest BCUT2D eigenvalue weighted by Gasteiger charge is 2.17. The van der Waals surface area contributed by atoms with Crippen LogP contribution in [-0.4, -0.2) is 39.1 Å². The molecule has 182 valence electrons. The highest BCUT2D eigenvalue weighted by atomic mass is 16.5. The molecule has 9 heteroatoms. The molecule has 3 aromatic carbocycles. The van der Waals surface area contributed by atoms with E-state index in [4.69, 9.17) is 18.9 Å². The lowest BCUT2D eigenvalue weighted by Crippen LogP contribution is -2.23. The van der Waals surface area contributed by atoms with E-state index in [1.54, 1.807) is 48.5 Å². The lowest BCUT2D eigenvalue weighted by atomic mass is 10.1. The molecule has 3 aromatic rings. The predicted molar refractivity (Wildman–Crippen MR) is 129 cm³/mol. The predicted octanol–water partition coefficient (Wildman–Crippen LogP) is 3.82. The summed E-state index contributed by atoms with van der Waals surface area (Å²) in [4.78, 5) is 36.5. The quantitative estimate of drug-likeness (QED) is 0.355. The summed E-state index contributed by atoms with van der Waals surface area (Å²) in [5.74, 6) is 0.267. The van der Waals surface area contributed by atoms with Crippen molar-refractivity contribution < 1.29 is 33.3 Å². The third-order valence-corrected chi connectivity index (χ3v) is 4.92. The van der Waals surface area contributed by atoms with Crippen LogP contribution in [0.15, 0.2) is 60.7 Å². The molecular weight excluding hydrogens is 452 g/mol. The van der Waals surface area contributed by atoms with Gasteiger partial charge in [0.05, 0.1) is 21.3 Å². The van der Waals surface area contributed by atoms with Crippen molar-refractivity contribution in [1.29, 1.82) is 0 Å². The maximum atomic E-state index is 12.7. The maximum Gasteiger partial charge on any atom is 0.308 e. The van der Waals surface area contributed by atoms with Crippen LogP contribution in [0.1, 0.15) is 33.2 Å². The van der Waals surface area contributed by atoms with Gasteiger partial charge in [0.15, 0.2) is 11.5 Å². The molecule has 0 bridgehead atoms. The molecule has 0 heterocycles. The van der Waals surface area contributed by atoms with Crippen LogP contribution in [0.4, 0.5) is 5.69 Å². The van der Waals surface area contributed by atoms with Crippen molar-refractivity contribution in [2.45, 2.75) is 13.5 Å². The first-order valence-corrected chi connectivity index (χ1v) is 10.6. The van der Waals surface area contributed by atoms with Gasteiger partial charge in [0.1, 0.15) is 5.75 Å². The summed E-state index contributed by atoms with van der Waals surface area (Å²) in [5.41, 5.74) is 2.01. The molecule has 0 saturated heterocycles. The zero-order valence-electron chi connectivity index (χ0n) is 19.8. The molecule has 0 spiro atoms.